The molecule has 2 rings (SSSR count). The predicted octanol–water partition coefficient (Wildman–Crippen LogP) is 3.08. The van der Waals surface area contributed by atoms with Crippen LogP contribution in [-0.2, 0) is 17.8 Å². The zero-order valence-electron chi connectivity index (χ0n) is 19.2. The van der Waals surface area contributed by atoms with E-state index < -0.39 is 17.1 Å². The zero-order valence-corrected chi connectivity index (χ0v) is 19.2. The number of ether oxygens (including phenoxy) is 1. The number of amides is 1. The number of halogens is 1. The maximum Gasteiger partial charge on any atom is 0.330 e. The minimum absolute atomic E-state index is 0.00716. The van der Waals surface area contributed by atoms with Crippen molar-refractivity contribution in [3.8, 4) is 5.75 Å². The molecule has 0 spiro atoms. The van der Waals surface area contributed by atoms with Crippen LogP contribution in [0.5, 0.6) is 5.75 Å². The number of anilines is 2. The van der Waals surface area contributed by atoms with Gasteiger partial charge in [-0.2, -0.15) is 0 Å². The van der Waals surface area contributed by atoms with Crippen molar-refractivity contribution in [2.75, 3.05) is 24.3 Å². The molecule has 0 saturated heterocycles. The average molecular weight is 449 g/mol. The second-order valence-electron chi connectivity index (χ2n) is 8.20. The molecule has 8 nitrogen and oxygen atoms in total. The maximum atomic E-state index is 14.0. The average Bonchev–Trinajstić information content (AvgIpc) is 2.73. The van der Waals surface area contributed by atoms with Gasteiger partial charge in [-0.25, -0.2) is 9.18 Å². The van der Waals surface area contributed by atoms with Gasteiger partial charge in [0.2, 0.25) is 5.91 Å². The van der Waals surface area contributed by atoms with Gasteiger partial charge in [0, 0.05) is 19.5 Å². The molecule has 1 amide bonds. The molecule has 0 aliphatic rings. The highest BCUT2D eigenvalue weighted by Gasteiger charge is 2.24. The normalized spacial score (nSPS) is 11.1. The van der Waals surface area contributed by atoms with Gasteiger partial charge in [0.25, 0.3) is 5.56 Å². The maximum absolute atomic E-state index is 14.0. The summed E-state index contributed by atoms with van der Waals surface area (Å²) in [6.07, 6.45) is 2.53. The van der Waals surface area contributed by atoms with E-state index in [-0.39, 0.29) is 48.5 Å². The first-order chi connectivity index (χ1) is 15.2. The minimum atomic E-state index is -0.687. The number of nitrogen functional groups attached to an aromatic ring is 1. The molecule has 1 aromatic carbocycles. The SMILES string of the molecule is CCCCn1c(N)c(N(CCC(C)C)C(=O)CCc2ccc(OC)c(F)c2)c(=O)[nH]c1=O. The Morgan fingerprint density at radius 2 is 2.03 bits per heavy atom. The number of H-pyrrole nitrogens is 1. The van der Waals surface area contributed by atoms with Gasteiger partial charge in [-0.15, -0.1) is 0 Å². The van der Waals surface area contributed by atoms with Gasteiger partial charge in [-0.3, -0.25) is 19.1 Å². The summed E-state index contributed by atoms with van der Waals surface area (Å²) in [5.41, 5.74) is 5.57. The van der Waals surface area contributed by atoms with Crippen LogP contribution in [0.1, 0.15) is 52.0 Å². The van der Waals surface area contributed by atoms with E-state index in [1.807, 2.05) is 20.8 Å². The second-order valence-corrected chi connectivity index (χ2v) is 8.20. The Bertz CT molecular complexity index is 1050. The first-order valence-electron chi connectivity index (χ1n) is 10.9. The summed E-state index contributed by atoms with van der Waals surface area (Å²) in [5.74, 6) is -0.420. The first-order valence-corrected chi connectivity index (χ1v) is 10.9. The molecule has 1 heterocycles. The molecule has 0 radical (unpaired) electrons. The van der Waals surface area contributed by atoms with Crippen molar-refractivity contribution in [3.63, 3.8) is 0 Å². The number of carbonyl (C=O) groups is 1. The van der Waals surface area contributed by atoms with Crippen LogP contribution in [-0.4, -0.2) is 29.1 Å². The van der Waals surface area contributed by atoms with E-state index in [4.69, 9.17) is 10.5 Å². The fourth-order valence-electron chi connectivity index (χ4n) is 3.38. The minimum Gasteiger partial charge on any atom is -0.494 e. The van der Waals surface area contributed by atoms with Crippen LogP contribution >= 0.6 is 0 Å². The summed E-state index contributed by atoms with van der Waals surface area (Å²) < 4.78 is 20.2. The number of aromatic amines is 1. The Labute approximate surface area is 187 Å². The molecule has 0 saturated carbocycles. The van der Waals surface area contributed by atoms with Crippen molar-refractivity contribution in [1.82, 2.24) is 9.55 Å². The number of hydrogen-bond acceptors (Lipinski definition) is 5. The number of nitrogens with zero attached hydrogens (tertiary/aromatic N) is 2. The highest BCUT2D eigenvalue weighted by molar-refractivity contribution is 5.95. The van der Waals surface area contributed by atoms with Gasteiger partial charge in [-0.1, -0.05) is 33.3 Å². The lowest BCUT2D eigenvalue weighted by Gasteiger charge is -2.25. The molecule has 176 valence electrons. The monoisotopic (exact) mass is 448 g/mol. The predicted molar refractivity (Wildman–Crippen MR) is 124 cm³/mol. The van der Waals surface area contributed by atoms with Crippen LogP contribution in [0.3, 0.4) is 0 Å². The van der Waals surface area contributed by atoms with Gasteiger partial charge in [0.15, 0.2) is 17.3 Å². The summed E-state index contributed by atoms with van der Waals surface area (Å²) in [4.78, 5) is 41.7. The molecule has 0 aliphatic heterocycles. The number of unbranched alkanes of at least 4 members (excludes halogenated alkanes) is 1. The molecule has 1 aromatic heterocycles. The number of rotatable bonds is 11. The van der Waals surface area contributed by atoms with Crippen molar-refractivity contribution >= 4 is 17.4 Å². The largest absolute Gasteiger partial charge is 0.494 e. The third-order valence-corrected chi connectivity index (χ3v) is 5.29. The summed E-state index contributed by atoms with van der Waals surface area (Å²) in [5, 5.41) is 0. The van der Waals surface area contributed by atoms with Crippen molar-refractivity contribution in [1.29, 1.82) is 0 Å². The third-order valence-electron chi connectivity index (χ3n) is 5.29. The van der Waals surface area contributed by atoms with E-state index in [1.165, 1.54) is 28.7 Å². The Morgan fingerprint density at radius 3 is 2.62 bits per heavy atom. The Kier molecular flexibility index (Phi) is 9.04. The highest BCUT2D eigenvalue weighted by Crippen LogP contribution is 2.22. The molecule has 0 atom stereocenters. The van der Waals surface area contributed by atoms with Gasteiger partial charge >= 0.3 is 5.69 Å². The molecule has 0 aliphatic carbocycles. The molecular weight excluding hydrogens is 415 g/mol. The smallest absolute Gasteiger partial charge is 0.330 e. The zero-order chi connectivity index (χ0) is 23.8. The standard InChI is InChI=1S/C23H33FN4O4/c1-5-6-12-28-21(25)20(22(30)26-23(28)31)27(13-11-15(2)3)19(29)10-8-16-7-9-18(32-4)17(24)14-16/h7,9,14-15H,5-6,8,10-13,25H2,1-4H3,(H,26,30,31). The fourth-order valence-corrected chi connectivity index (χ4v) is 3.38. The Balaban J connectivity index is 2.35. The summed E-state index contributed by atoms with van der Waals surface area (Å²) in [7, 11) is 1.39. The van der Waals surface area contributed by atoms with Crippen LogP contribution < -0.4 is 26.6 Å². The van der Waals surface area contributed by atoms with E-state index in [2.05, 4.69) is 4.98 Å². The molecule has 2 aromatic rings. The molecule has 0 fully saturated rings. The number of nitrogens with one attached hydrogen (secondary N) is 1. The Morgan fingerprint density at radius 1 is 1.31 bits per heavy atom. The van der Waals surface area contributed by atoms with Crippen molar-refractivity contribution in [3.05, 3.63) is 50.4 Å². The lowest BCUT2D eigenvalue weighted by atomic mass is 10.1. The number of nitrogens with two attached hydrogens (primary N) is 1. The molecule has 3 N–H and O–H groups in total. The third kappa shape index (κ3) is 6.21. The number of aryl methyl sites for hydroxylation is 1. The van der Waals surface area contributed by atoms with Crippen molar-refractivity contribution in [2.24, 2.45) is 5.92 Å². The Hall–Kier alpha value is -3.10. The summed E-state index contributed by atoms with van der Waals surface area (Å²) in [6.45, 7) is 6.64. The number of benzene rings is 1. The van der Waals surface area contributed by atoms with Crippen molar-refractivity contribution < 1.29 is 13.9 Å². The van der Waals surface area contributed by atoms with Crippen LogP contribution in [0.25, 0.3) is 0 Å². The molecule has 0 unspecified atom stereocenters. The van der Waals surface area contributed by atoms with E-state index in [9.17, 15) is 18.8 Å². The van der Waals surface area contributed by atoms with Crippen LogP contribution in [0.2, 0.25) is 0 Å². The fraction of sp³-hybridized carbons (Fsp3) is 0.522. The number of hydrogen-bond donors (Lipinski definition) is 2. The number of carbonyl (C=O) groups excluding carboxylic acids is 1. The van der Waals surface area contributed by atoms with E-state index in [0.29, 0.717) is 24.9 Å². The van der Waals surface area contributed by atoms with Gasteiger partial charge in [-0.05, 0) is 42.9 Å². The molecule has 0 bridgehead atoms. The van der Waals surface area contributed by atoms with Crippen LogP contribution in [0.15, 0.2) is 27.8 Å². The van der Waals surface area contributed by atoms with Crippen molar-refractivity contribution in [2.45, 2.75) is 59.4 Å². The van der Waals surface area contributed by atoms with E-state index in [1.54, 1.807) is 6.07 Å². The lowest BCUT2D eigenvalue weighted by Crippen LogP contribution is -2.42. The number of methoxy groups -OCH3 is 1. The summed E-state index contributed by atoms with van der Waals surface area (Å²) in [6, 6.07) is 4.54. The molecular formula is C23H33FN4O4. The second kappa shape index (κ2) is 11.5. The lowest BCUT2D eigenvalue weighted by molar-refractivity contribution is -0.118. The summed E-state index contributed by atoms with van der Waals surface area (Å²) >= 11 is 0. The van der Waals surface area contributed by atoms with Gasteiger partial charge in [0.05, 0.1) is 7.11 Å². The van der Waals surface area contributed by atoms with Crippen LogP contribution in [0, 0.1) is 11.7 Å². The highest BCUT2D eigenvalue weighted by atomic mass is 19.1. The topological polar surface area (TPSA) is 110 Å². The van der Waals surface area contributed by atoms with Gasteiger partial charge in [0.1, 0.15) is 5.82 Å². The molecule has 32 heavy (non-hydrogen) atoms. The van der Waals surface area contributed by atoms with E-state index >= 15 is 0 Å². The first kappa shape index (κ1) is 25.2. The molecule has 9 heteroatoms. The quantitative estimate of drug-likeness (QED) is 0.549. The van der Waals surface area contributed by atoms with E-state index in [0.717, 1.165) is 6.42 Å². The van der Waals surface area contributed by atoms with Gasteiger partial charge < -0.3 is 15.4 Å². The number of aromatic nitrogens is 2. The van der Waals surface area contributed by atoms with Crippen LogP contribution in [0.4, 0.5) is 15.9 Å².